The average Bonchev–Trinajstić information content (AvgIpc) is 3.13. The van der Waals surface area contributed by atoms with Gasteiger partial charge in [0.1, 0.15) is 0 Å². The van der Waals surface area contributed by atoms with Crippen molar-refractivity contribution in [2.24, 2.45) is 0 Å². The molecule has 2 aromatic rings. The molecule has 4 rings (SSSR count). The van der Waals surface area contributed by atoms with Crippen LogP contribution in [0.5, 0.6) is 0 Å². The number of benzene rings is 1. The number of hydrogen-bond donors (Lipinski definition) is 1. The number of aromatic nitrogens is 1. The van der Waals surface area contributed by atoms with Gasteiger partial charge in [-0.25, -0.2) is 4.79 Å². The Labute approximate surface area is 172 Å². The lowest BCUT2D eigenvalue weighted by Crippen LogP contribution is -2.37. The van der Waals surface area contributed by atoms with E-state index in [-0.39, 0.29) is 18.6 Å². The van der Waals surface area contributed by atoms with Crippen LogP contribution in [0.15, 0.2) is 24.3 Å². The van der Waals surface area contributed by atoms with E-state index in [4.69, 9.17) is 9.72 Å². The molecule has 1 aromatic carbocycles. The van der Waals surface area contributed by atoms with Crippen molar-refractivity contribution in [1.82, 2.24) is 10.3 Å². The molecule has 1 heterocycles. The molecule has 29 heavy (non-hydrogen) atoms. The summed E-state index contributed by atoms with van der Waals surface area (Å²) < 4.78 is 5.50. The molecule has 0 unspecified atom stereocenters. The van der Waals surface area contributed by atoms with Gasteiger partial charge in [0.2, 0.25) is 0 Å². The lowest BCUT2D eigenvalue weighted by atomic mass is 9.97. The molecule has 2 aliphatic carbocycles. The van der Waals surface area contributed by atoms with Gasteiger partial charge >= 0.3 is 5.97 Å². The number of nitrogens with zero attached hydrogens (tertiary/aromatic N) is 1. The number of para-hydroxylation sites is 1. The minimum atomic E-state index is -0.405. The van der Waals surface area contributed by atoms with Crippen molar-refractivity contribution in [2.75, 3.05) is 6.61 Å². The van der Waals surface area contributed by atoms with E-state index in [1.54, 1.807) is 0 Å². The van der Waals surface area contributed by atoms with Gasteiger partial charge in [0.05, 0.1) is 11.1 Å². The summed E-state index contributed by atoms with van der Waals surface area (Å²) in [5, 5.41) is 3.87. The van der Waals surface area contributed by atoms with Crippen LogP contribution in [0.2, 0.25) is 0 Å². The number of ether oxygens (including phenoxy) is 1. The highest BCUT2D eigenvalue weighted by Gasteiger charge is 2.24. The molecule has 0 atom stereocenters. The topological polar surface area (TPSA) is 68.3 Å². The first-order valence-corrected chi connectivity index (χ1v) is 11.1. The van der Waals surface area contributed by atoms with Crippen LogP contribution in [0.1, 0.15) is 79.4 Å². The number of rotatable bonds is 4. The van der Waals surface area contributed by atoms with Crippen molar-refractivity contribution >= 4 is 22.8 Å². The highest BCUT2D eigenvalue weighted by atomic mass is 16.5. The zero-order valence-electron chi connectivity index (χ0n) is 17.0. The molecule has 0 radical (unpaired) electrons. The van der Waals surface area contributed by atoms with Crippen molar-refractivity contribution in [1.29, 1.82) is 0 Å². The summed E-state index contributed by atoms with van der Waals surface area (Å²) in [5.74, 6) is -0.604. The van der Waals surface area contributed by atoms with E-state index in [0.29, 0.717) is 5.56 Å². The largest absolute Gasteiger partial charge is 0.452 e. The Kier molecular flexibility index (Phi) is 6.43. The van der Waals surface area contributed by atoms with E-state index < -0.39 is 5.97 Å². The van der Waals surface area contributed by atoms with E-state index in [0.717, 1.165) is 79.9 Å². The fraction of sp³-hybridized carbons (Fsp3) is 0.542. The molecule has 0 saturated heterocycles. The predicted octanol–water partition coefficient (Wildman–Crippen LogP) is 4.50. The third-order valence-electron chi connectivity index (χ3n) is 6.18. The van der Waals surface area contributed by atoms with Crippen molar-refractivity contribution in [3.05, 3.63) is 41.1 Å². The van der Waals surface area contributed by atoms with E-state index >= 15 is 0 Å². The second-order valence-corrected chi connectivity index (χ2v) is 8.32. The number of hydrogen-bond acceptors (Lipinski definition) is 4. The van der Waals surface area contributed by atoms with Gasteiger partial charge in [-0.3, -0.25) is 9.78 Å². The maximum absolute atomic E-state index is 13.1. The van der Waals surface area contributed by atoms with Gasteiger partial charge < -0.3 is 10.1 Å². The Morgan fingerprint density at radius 2 is 1.69 bits per heavy atom. The Bertz CT molecular complexity index is 885. The summed E-state index contributed by atoms with van der Waals surface area (Å²) in [4.78, 5) is 30.2. The SMILES string of the molecule is O=C(COC(=O)c1c2c(nc3ccccc13)CCCCC2)NC1CCCCCC1. The molecule has 5 heteroatoms. The van der Waals surface area contributed by atoms with Gasteiger partial charge in [-0.05, 0) is 50.2 Å². The van der Waals surface area contributed by atoms with Crippen molar-refractivity contribution in [2.45, 2.75) is 76.7 Å². The summed E-state index contributed by atoms with van der Waals surface area (Å²) >= 11 is 0. The van der Waals surface area contributed by atoms with E-state index in [2.05, 4.69) is 5.32 Å². The van der Waals surface area contributed by atoms with E-state index in [1.807, 2.05) is 24.3 Å². The van der Waals surface area contributed by atoms with Crippen molar-refractivity contribution in [3.8, 4) is 0 Å². The summed E-state index contributed by atoms with van der Waals surface area (Å²) in [6.45, 7) is -0.221. The second-order valence-electron chi connectivity index (χ2n) is 8.32. The van der Waals surface area contributed by atoms with Crippen molar-refractivity contribution in [3.63, 3.8) is 0 Å². The second kappa shape index (κ2) is 9.38. The summed E-state index contributed by atoms with van der Waals surface area (Å²) in [6, 6.07) is 7.93. The van der Waals surface area contributed by atoms with Crippen molar-refractivity contribution < 1.29 is 14.3 Å². The Morgan fingerprint density at radius 1 is 0.966 bits per heavy atom. The predicted molar refractivity (Wildman–Crippen MR) is 113 cm³/mol. The van der Waals surface area contributed by atoms with Gasteiger partial charge in [-0.1, -0.05) is 50.3 Å². The van der Waals surface area contributed by atoms with Crippen LogP contribution in [-0.2, 0) is 22.4 Å². The number of aryl methyl sites for hydroxylation is 1. The molecule has 1 aromatic heterocycles. The average molecular weight is 395 g/mol. The quantitative estimate of drug-likeness (QED) is 0.471. The number of carbonyl (C=O) groups excluding carboxylic acids is 2. The molecule has 1 N–H and O–H groups in total. The van der Waals surface area contributed by atoms with Gasteiger partial charge in [-0.15, -0.1) is 0 Å². The van der Waals surface area contributed by atoms with Gasteiger partial charge in [-0.2, -0.15) is 0 Å². The third-order valence-corrected chi connectivity index (χ3v) is 6.18. The number of nitrogens with one attached hydrogen (secondary N) is 1. The monoisotopic (exact) mass is 394 g/mol. The molecule has 0 aliphatic heterocycles. The molecular weight excluding hydrogens is 364 g/mol. The van der Waals surface area contributed by atoms with Crippen LogP contribution < -0.4 is 5.32 Å². The zero-order chi connectivity index (χ0) is 20.1. The lowest BCUT2D eigenvalue weighted by molar-refractivity contribution is -0.125. The van der Waals surface area contributed by atoms with Gasteiger partial charge in [0.15, 0.2) is 6.61 Å². The first kappa shape index (κ1) is 19.9. The van der Waals surface area contributed by atoms with E-state index in [1.165, 1.54) is 12.8 Å². The van der Waals surface area contributed by atoms with Crippen LogP contribution in [0.25, 0.3) is 10.9 Å². The minimum absolute atomic E-state index is 0.199. The maximum atomic E-state index is 13.1. The number of amides is 1. The summed E-state index contributed by atoms with van der Waals surface area (Å²) in [6.07, 6.45) is 11.8. The minimum Gasteiger partial charge on any atom is -0.452 e. The lowest BCUT2D eigenvalue weighted by Gasteiger charge is -2.17. The summed E-state index contributed by atoms with van der Waals surface area (Å²) in [7, 11) is 0. The summed E-state index contributed by atoms with van der Waals surface area (Å²) in [5.41, 5.74) is 3.45. The molecule has 0 bridgehead atoms. The normalized spacial score (nSPS) is 17.8. The fourth-order valence-corrected chi connectivity index (χ4v) is 4.68. The zero-order valence-corrected chi connectivity index (χ0v) is 17.0. The highest BCUT2D eigenvalue weighted by Crippen LogP contribution is 2.29. The van der Waals surface area contributed by atoms with Crippen LogP contribution in [0, 0.1) is 0 Å². The van der Waals surface area contributed by atoms with Crippen LogP contribution >= 0.6 is 0 Å². The highest BCUT2D eigenvalue weighted by molar-refractivity contribution is 6.05. The molecular formula is C24H30N2O3. The first-order valence-electron chi connectivity index (χ1n) is 11.1. The van der Waals surface area contributed by atoms with Crippen LogP contribution in [0.3, 0.4) is 0 Å². The molecule has 154 valence electrons. The van der Waals surface area contributed by atoms with E-state index in [9.17, 15) is 9.59 Å². The fourth-order valence-electron chi connectivity index (χ4n) is 4.68. The third kappa shape index (κ3) is 4.77. The van der Waals surface area contributed by atoms with Crippen LogP contribution in [0.4, 0.5) is 0 Å². The molecule has 2 aliphatic rings. The molecule has 5 nitrogen and oxygen atoms in total. The number of esters is 1. The Balaban J connectivity index is 1.50. The van der Waals surface area contributed by atoms with Gasteiger partial charge in [0, 0.05) is 17.1 Å². The number of carbonyl (C=O) groups is 2. The van der Waals surface area contributed by atoms with Crippen LogP contribution in [-0.4, -0.2) is 29.5 Å². The molecule has 1 fully saturated rings. The molecule has 1 amide bonds. The standard InChI is InChI=1S/C24H30N2O3/c27-22(25-17-10-4-1-2-5-11-17)16-29-24(28)23-18-12-6-3-7-14-20(18)26-21-15-9-8-13-19(21)23/h8-9,13,15,17H,1-7,10-12,14,16H2,(H,25,27). The molecule has 0 spiro atoms. The number of pyridine rings is 1. The Hall–Kier alpha value is -2.43. The number of fused-ring (bicyclic) bond motifs is 2. The first-order chi connectivity index (χ1) is 14.2. The molecule has 1 saturated carbocycles. The van der Waals surface area contributed by atoms with Gasteiger partial charge in [0.25, 0.3) is 5.91 Å². The maximum Gasteiger partial charge on any atom is 0.339 e. The Morgan fingerprint density at radius 3 is 2.52 bits per heavy atom. The smallest absolute Gasteiger partial charge is 0.339 e.